The normalized spacial score (nSPS) is 18.0. The van der Waals surface area contributed by atoms with E-state index >= 15 is 0 Å². The number of carbonyl (C=O) groups is 2. The van der Waals surface area contributed by atoms with Gasteiger partial charge in [0.1, 0.15) is 5.82 Å². The van der Waals surface area contributed by atoms with Crippen molar-refractivity contribution in [3.05, 3.63) is 46.9 Å². The van der Waals surface area contributed by atoms with Gasteiger partial charge in [-0.2, -0.15) is 0 Å². The number of amides is 2. The third-order valence-corrected chi connectivity index (χ3v) is 3.70. The Kier molecular flexibility index (Phi) is 5.33. The molecule has 1 aliphatic rings. The summed E-state index contributed by atoms with van der Waals surface area (Å²) >= 11 is 0. The van der Waals surface area contributed by atoms with Crippen molar-refractivity contribution < 1.29 is 23.5 Å². The number of urea groups is 1. The van der Waals surface area contributed by atoms with Crippen LogP contribution in [0.15, 0.2) is 35.5 Å². The van der Waals surface area contributed by atoms with Gasteiger partial charge in [-0.1, -0.05) is 12.1 Å². The van der Waals surface area contributed by atoms with E-state index in [0.717, 1.165) is 0 Å². The van der Waals surface area contributed by atoms with Crippen LogP contribution in [0, 0.1) is 5.82 Å². The van der Waals surface area contributed by atoms with E-state index in [1.165, 1.54) is 37.3 Å². The van der Waals surface area contributed by atoms with Gasteiger partial charge in [0.15, 0.2) is 0 Å². The molecule has 1 atom stereocenters. The number of methoxy groups -OCH3 is 2. The lowest BCUT2D eigenvalue weighted by Gasteiger charge is -2.35. The number of esters is 1. The molecule has 0 radical (unpaired) electrons. The molecule has 6 nitrogen and oxygen atoms in total. The van der Waals surface area contributed by atoms with Gasteiger partial charge in [0.2, 0.25) is 0 Å². The van der Waals surface area contributed by atoms with E-state index in [1.54, 1.807) is 13.0 Å². The summed E-state index contributed by atoms with van der Waals surface area (Å²) in [6, 6.07) is 4.62. The van der Waals surface area contributed by atoms with Crippen molar-refractivity contribution >= 4 is 12.0 Å². The Hall–Kier alpha value is -2.41. The van der Waals surface area contributed by atoms with Crippen molar-refractivity contribution in [1.29, 1.82) is 0 Å². The first-order chi connectivity index (χ1) is 11.0. The molecule has 1 N–H and O–H groups in total. The maximum absolute atomic E-state index is 13.5. The number of nitrogens with one attached hydrogen (secondary N) is 1. The number of benzene rings is 1. The SMILES string of the molecule is COCCN1C(=O)N[C@@H](c2cccc(F)c2)C(C(=O)OC)=C1C. The molecule has 0 aromatic heterocycles. The molecule has 2 amide bonds. The summed E-state index contributed by atoms with van der Waals surface area (Å²) < 4.78 is 23.3. The quantitative estimate of drug-likeness (QED) is 0.842. The number of carbonyl (C=O) groups excluding carboxylic acids is 2. The van der Waals surface area contributed by atoms with E-state index in [2.05, 4.69) is 5.32 Å². The number of allylic oxidation sites excluding steroid dienone is 1. The Morgan fingerprint density at radius 3 is 2.74 bits per heavy atom. The van der Waals surface area contributed by atoms with Gasteiger partial charge in [0, 0.05) is 12.8 Å². The Labute approximate surface area is 133 Å². The first-order valence-corrected chi connectivity index (χ1v) is 7.11. The molecule has 124 valence electrons. The number of hydrogen-bond donors (Lipinski definition) is 1. The molecule has 1 aliphatic heterocycles. The summed E-state index contributed by atoms with van der Waals surface area (Å²) in [7, 11) is 2.79. The Morgan fingerprint density at radius 2 is 2.13 bits per heavy atom. The predicted octanol–water partition coefficient (Wildman–Crippen LogP) is 1.99. The largest absolute Gasteiger partial charge is 0.466 e. The summed E-state index contributed by atoms with van der Waals surface area (Å²) in [6.45, 7) is 2.28. The third-order valence-electron chi connectivity index (χ3n) is 3.70. The summed E-state index contributed by atoms with van der Waals surface area (Å²) in [5, 5.41) is 2.72. The number of halogens is 1. The predicted molar refractivity (Wildman–Crippen MR) is 81.0 cm³/mol. The lowest BCUT2D eigenvalue weighted by Crippen LogP contribution is -2.48. The minimum atomic E-state index is -0.760. The second kappa shape index (κ2) is 7.23. The Morgan fingerprint density at radius 1 is 1.39 bits per heavy atom. The second-order valence-corrected chi connectivity index (χ2v) is 5.07. The monoisotopic (exact) mass is 322 g/mol. The minimum absolute atomic E-state index is 0.272. The van der Waals surface area contributed by atoms with E-state index in [0.29, 0.717) is 24.4 Å². The van der Waals surface area contributed by atoms with Crippen molar-refractivity contribution in [2.75, 3.05) is 27.4 Å². The first kappa shape index (κ1) is 17.0. The highest BCUT2D eigenvalue weighted by atomic mass is 19.1. The highest BCUT2D eigenvalue weighted by molar-refractivity contribution is 5.94. The summed E-state index contributed by atoms with van der Waals surface area (Å²) in [6.07, 6.45) is 0. The number of hydrogen-bond acceptors (Lipinski definition) is 4. The average molecular weight is 322 g/mol. The molecule has 1 aromatic rings. The molecule has 0 saturated carbocycles. The van der Waals surface area contributed by atoms with E-state index < -0.39 is 17.8 Å². The molecule has 0 spiro atoms. The molecule has 0 saturated heterocycles. The van der Waals surface area contributed by atoms with Crippen LogP contribution >= 0.6 is 0 Å². The van der Waals surface area contributed by atoms with E-state index in [-0.39, 0.29) is 11.6 Å². The molecule has 23 heavy (non-hydrogen) atoms. The molecule has 1 aromatic carbocycles. The van der Waals surface area contributed by atoms with Crippen molar-refractivity contribution in [3.8, 4) is 0 Å². The van der Waals surface area contributed by atoms with Crippen LogP contribution in [-0.2, 0) is 14.3 Å². The number of nitrogens with zero attached hydrogens (tertiary/aromatic N) is 1. The molecular formula is C16H19FN2O4. The zero-order chi connectivity index (χ0) is 17.0. The van der Waals surface area contributed by atoms with Gasteiger partial charge in [-0.3, -0.25) is 4.90 Å². The number of rotatable bonds is 5. The molecule has 1 heterocycles. The topological polar surface area (TPSA) is 67.9 Å². The molecule has 7 heteroatoms. The lowest BCUT2D eigenvalue weighted by molar-refractivity contribution is -0.136. The van der Waals surface area contributed by atoms with Crippen molar-refractivity contribution in [2.24, 2.45) is 0 Å². The molecule has 0 unspecified atom stereocenters. The lowest BCUT2D eigenvalue weighted by atomic mass is 9.95. The van der Waals surface area contributed by atoms with E-state index in [9.17, 15) is 14.0 Å². The van der Waals surface area contributed by atoms with Gasteiger partial charge in [0.05, 0.1) is 31.9 Å². The first-order valence-electron chi connectivity index (χ1n) is 7.11. The second-order valence-electron chi connectivity index (χ2n) is 5.07. The van der Waals surface area contributed by atoms with Gasteiger partial charge < -0.3 is 14.8 Å². The fourth-order valence-corrected chi connectivity index (χ4v) is 2.54. The van der Waals surface area contributed by atoms with Crippen LogP contribution in [-0.4, -0.2) is 44.3 Å². The van der Waals surface area contributed by atoms with Crippen molar-refractivity contribution in [1.82, 2.24) is 10.2 Å². The van der Waals surface area contributed by atoms with Gasteiger partial charge >= 0.3 is 12.0 Å². The molecule has 0 aliphatic carbocycles. The fraction of sp³-hybridized carbons (Fsp3) is 0.375. The fourth-order valence-electron chi connectivity index (χ4n) is 2.54. The molecule has 0 fully saturated rings. The standard InChI is InChI=1S/C16H19FN2O4/c1-10-13(15(20)23-3)14(11-5-4-6-12(17)9-11)18-16(21)19(10)7-8-22-2/h4-6,9,14H,7-8H2,1-3H3,(H,18,21)/t14-/m0/s1. The smallest absolute Gasteiger partial charge is 0.337 e. The van der Waals surface area contributed by atoms with Gasteiger partial charge in [-0.25, -0.2) is 14.0 Å². The maximum atomic E-state index is 13.5. The van der Waals surface area contributed by atoms with E-state index in [4.69, 9.17) is 9.47 Å². The van der Waals surface area contributed by atoms with Crippen LogP contribution in [0.5, 0.6) is 0 Å². The Bertz CT molecular complexity index is 645. The van der Waals surface area contributed by atoms with Gasteiger partial charge in [0.25, 0.3) is 0 Å². The molecular weight excluding hydrogens is 303 g/mol. The summed E-state index contributed by atoms with van der Waals surface area (Å²) in [5.41, 5.74) is 1.21. The zero-order valence-corrected chi connectivity index (χ0v) is 13.3. The van der Waals surface area contributed by atoms with Crippen LogP contribution in [0.1, 0.15) is 18.5 Å². The van der Waals surface area contributed by atoms with Crippen LogP contribution in [0.4, 0.5) is 9.18 Å². The van der Waals surface area contributed by atoms with Crippen LogP contribution < -0.4 is 5.32 Å². The highest BCUT2D eigenvalue weighted by Gasteiger charge is 2.36. The zero-order valence-electron chi connectivity index (χ0n) is 13.3. The van der Waals surface area contributed by atoms with E-state index in [1.807, 2.05) is 0 Å². The highest BCUT2D eigenvalue weighted by Crippen LogP contribution is 2.31. The van der Waals surface area contributed by atoms with Crippen molar-refractivity contribution in [3.63, 3.8) is 0 Å². The average Bonchev–Trinajstić information content (AvgIpc) is 2.53. The van der Waals surface area contributed by atoms with Gasteiger partial charge in [-0.05, 0) is 24.6 Å². The van der Waals surface area contributed by atoms with Crippen LogP contribution in [0.3, 0.4) is 0 Å². The molecule has 0 bridgehead atoms. The summed E-state index contributed by atoms with van der Waals surface area (Å²) in [4.78, 5) is 25.9. The summed E-state index contributed by atoms with van der Waals surface area (Å²) in [5.74, 6) is -1.01. The van der Waals surface area contributed by atoms with Crippen molar-refractivity contribution in [2.45, 2.75) is 13.0 Å². The maximum Gasteiger partial charge on any atom is 0.337 e. The van der Waals surface area contributed by atoms with Crippen LogP contribution in [0.2, 0.25) is 0 Å². The van der Waals surface area contributed by atoms with Crippen LogP contribution in [0.25, 0.3) is 0 Å². The third kappa shape index (κ3) is 3.50. The van der Waals surface area contributed by atoms with Gasteiger partial charge in [-0.15, -0.1) is 0 Å². The molecule has 2 rings (SSSR count). The Balaban J connectivity index is 2.48. The number of ether oxygens (including phenoxy) is 2. The minimum Gasteiger partial charge on any atom is -0.466 e.